The van der Waals surface area contributed by atoms with Crippen LogP contribution < -0.4 is 19.9 Å². The first-order valence-electron chi connectivity index (χ1n) is 11.2. The zero-order valence-corrected chi connectivity index (χ0v) is 21.5. The standard InChI is InChI=1S/C26H28ClN3O3S/c1-6-33-18-9-7-17(8-10-18)30-24(32)20(23(31)28-25(30)34)12-16-11-19-15(2)14-26(3,4)29(5)22(19)13-21(16)27/h7-13,15H,6,14H2,1-5H3,(H,28,31,34)/b20-12+. The number of carbonyl (C=O) groups is 2. The fraction of sp³-hybridized carbons (Fsp3) is 0.346. The number of carbonyl (C=O) groups excluding carboxylic acids is 2. The van der Waals surface area contributed by atoms with Crippen molar-refractivity contribution in [2.45, 2.75) is 45.6 Å². The molecule has 0 saturated carbocycles. The predicted molar refractivity (Wildman–Crippen MR) is 141 cm³/mol. The minimum Gasteiger partial charge on any atom is -0.494 e. The van der Waals surface area contributed by atoms with Crippen molar-refractivity contribution >= 4 is 58.2 Å². The van der Waals surface area contributed by atoms with Crippen LogP contribution in [0.2, 0.25) is 5.02 Å². The van der Waals surface area contributed by atoms with Crippen molar-refractivity contribution in [3.63, 3.8) is 0 Å². The molecule has 34 heavy (non-hydrogen) atoms. The molecule has 0 spiro atoms. The van der Waals surface area contributed by atoms with E-state index in [9.17, 15) is 9.59 Å². The Hall–Kier alpha value is -2.90. The Morgan fingerprint density at radius 1 is 1.24 bits per heavy atom. The maximum Gasteiger partial charge on any atom is 0.270 e. The van der Waals surface area contributed by atoms with Gasteiger partial charge in [-0.1, -0.05) is 18.5 Å². The molecule has 4 rings (SSSR count). The van der Waals surface area contributed by atoms with E-state index in [0.717, 1.165) is 17.7 Å². The number of hydrogen-bond donors (Lipinski definition) is 1. The molecule has 2 amide bonds. The normalized spacial score (nSPS) is 20.9. The minimum atomic E-state index is -0.544. The van der Waals surface area contributed by atoms with Gasteiger partial charge in [-0.3, -0.25) is 19.8 Å². The lowest BCUT2D eigenvalue weighted by molar-refractivity contribution is -0.122. The molecule has 0 bridgehead atoms. The van der Waals surface area contributed by atoms with Gasteiger partial charge in [-0.15, -0.1) is 0 Å². The van der Waals surface area contributed by atoms with E-state index in [1.165, 1.54) is 4.90 Å². The second kappa shape index (κ2) is 9.04. The van der Waals surface area contributed by atoms with Crippen LogP contribution in [0.5, 0.6) is 5.75 Å². The Bertz CT molecular complexity index is 1210. The lowest BCUT2D eigenvalue weighted by Crippen LogP contribution is -2.54. The Morgan fingerprint density at radius 2 is 1.91 bits per heavy atom. The predicted octanol–water partition coefficient (Wildman–Crippen LogP) is 5.29. The van der Waals surface area contributed by atoms with Crippen molar-refractivity contribution in [1.82, 2.24) is 5.32 Å². The number of fused-ring (bicyclic) bond motifs is 1. The first kappa shape index (κ1) is 24.2. The lowest BCUT2D eigenvalue weighted by Gasteiger charge is -2.45. The Labute approximate surface area is 210 Å². The summed E-state index contributed by atoms with van der Waals surface area (Å²) in [6.07, 6.45) is 2.53. The van der Waals surface area contributed by atoms with E-state index in [1.807, 2.05) is 19.1 Å². The number of halogens is 1. The number of benzene rings is 2. The topological polar surface area (TPSA) is 61.9 Å². The van der Waals surface area contributed by atoms with Crippen LogP contribution in [0.15, 0.2) is 42.0 Å². The van der Waals surface area contributed by atoms with E-state index in [2.05, 4.69) is 38.0 Å². The summed E-state index contributed by atoms with van der Waals surface area (Å²) in [5, 5.41) is 3.13. The quantitative estimate of drug-likeness (QED) is 0.353. The number of amides is 2. The molecule has 2 aliphatic heterocycles. The lowest BCUT2D eigenvalue weighted by atomic mass is 9.80. The minimum absolute atomic E-state index is 0.00284. The van der Waals surface area contributed by atoms with E-state index < -0.39 is 11.8 Å². The van der Waals surface area contributed by atoms with Crippen molar-refractivity contribution in [3.05, 3.63) is 58.1 Å². The third-order valence-electron chi connectivity index (χ3n) is 6.56. The van der Waals surface area contributed by atoms with Crippen LogP contribution in [0.1, 0.15) is 51.2 Å². The third-order valence-corrected chi connectivity index (χ3v) is 7.17. The van der Waals surface area contributed by atoms with Gasteiger partial charge < -0.3 is 9.64 Å². The average Bonchev–Trinajstić information content (AvgIpc) is 2.76. The molecular weight excluding hydrogens is 470 g/mol. The number of anilines is 2. The Kier molecular flexibility index (Phi) is 6.44. The van der Waals surface area contributed by atoms with Crippen LogP contribution >= 0.6 is 23.8 Å². The summed E-state index contributed by atoms with van der Waals surface area (Å²) in [4.78, 5) is 29.7. The molecule has 2 heterocycles. The fourth-order valence-electron chi connectivity index (χ4n) is 4.62. The van der Waals surface area contributed by atoms with Crippen LogP contribution in [-0.4, -0.2) is 36.1 Å². The zero-order chi connectivity index (χ0) is 24.8. The van der Waals surface area contributed by atoms with E-state index in [1.54, 1.807) is 30.3 Å². The van der Waals surface area contributed by atoms with Gasteiger partial charge in [0.25, 0.3) is 11.8 Å². The Morgan fingerprint density at radius 3 is 2.56 bits per heavy atom. The van der Waals surface area contributed by atoms with Gasteiger partial charge in [-0.25, -0.2) is 0 Å². The van der Waals surface area contributed by atoms with Crippen LogP contribution in [0.4, 0.5) is 11.4 Å². The number of nitrogens with one attached hydrogen (secondary N) is 1. The van der Waals surface area contributed by atoms with Crippen molar-refractivity contribution < 1.29 is 14.3 Å². The smallest absolute Gasteiger partial charge is 0.270 e. The van der Waals surface area contributed by atoms with Crippen LogP contribution in [0, 0.1) is 0 Å². The summed E-state index contributed by atoms with van der Waals surface area (Å²) in [5.41, 5.74) is 3.34. The number of nitrogens with zero attached hydrogens (tertiary/aromatic N) is 2. The molecule has 8 heteroatoms. The molecule has 2 aromatic rings. The number of rotatable bonds is 4. The summed E-state index contributed by atoms with van der Waals surface area (Å²) < 4.78 is 5.47. The highest BCUT2D eigenvalue weighted by atomic mass is 35.5. The molecule has 1 fully saturated rings. The highest BCUT2D eigenvalue weighted by Crippen LogP contribution is 2.44. The van der Waals surface area contributed by atoms with Gasteiger partial charge in [0.15, 0.2) is 5.11 Å². The molecule has 0 aromatic heterocycles. The van der Waals surface area contributed by atoms with Gasteiger partial charge in [0.2, 0.25) is 0 Å². The summed E-state index contributed by atoms with van der Waals surface area (Å²) in [5.74, 6) is -0.0563. The molecule has 2 aliphatic rings. The summed E-state index contributed by atoms with van der Waals surface area (Å²) in [7, 11) is 2.06. The first-order chi connectivity index (χ1) is 16.0. The van der Waals surface area contributed by atoms with Gasteiger partial charge >= 0.3 is 0 Å². The fourth-order valence-corrected chi connectivity index (χ4v) is 5.11. The summed E-state index contributed by atoms with van der Waals surface area (Å²) in [6.45, 7) is 9.04. The molecule has 2 aromatic carbocycles. The van der Waals surface area contributed by atoms with Gasteiger partial charge in [-0.2, -0.15) is 0 Å². The molecule has 0 aliphatic carbocycles. The van der Waals surface area contributed by atoms with E-state index >= 15 is 0 Å². The molecule has 1 atom stereocenters. The SMILES string of the molecule is CCOc1ccc(N2C(=O)/C(=C/c3cc4c(cc3Cl)N(C)C(C)(C)CC4C)C(=O)NC2=S)cc1. The van der Waals surface area contributed by atoms with Crippen LogP contribution in [-0.2, 0) is 9.59 Å². The Balaban J connectivity index is 1.72. The summed E-state index contributed by atoms with van der Waals surface area (Å²) in [6, 6.07) is 10.9. The number of hydrogen-bond acceptors (Lipinski definition) is 5. The molecule has 6 nitrogen and oxygen atoms in total. The maximum atomic E-state index is 13.4. The van der Waals surface area contributed by atoms with Crippen molar-refractivity contribution in [1.29, 1.82) is 0 Å². The van der Waals surface area contributed by atoms with Crippen LogP contribution in [0.25, 0.3) is 6.08 Å². The van der Waals surface area contributed by atoms with Gasteiger partial charge in [0.1, 0.15) is 11.3 Å². The molecular formula is C26H28ClN3O3S. The van der Waals surface area contributed by atoms with Crippen molar-refractivity contribution in [2.24, 2.45) is 0 Å². The van der Waals surface area contributed by atoms with Gasteiger partial charge in [-0.05, 0) is 98.9 Å². The first-order valence-corrected chi connectivity index (χ1v) is 12.0. The van der Waals surface area contributed by atoms with E-state index in [-0.39, 0.29) is 16.2 Å². The summed E-state index contributed by atoms with van der Waals surface area (Å²) >= 11 is 11.9. The van der Waals surface area contributed by atoms with Crippen molar-refractivity contribution in [2.75, 3.05) is 23.5 Å². The molecule has 178 valence electrons. The van der Waals surface area contributed by atoms with Crippen molar-refractivity contribution in [3.8, 4) is 5.75 Å². The van der Waals surface area contributed by atoms with Gasteiger partial charge in [0.05, 0.1) is 12.3 Å². The molecule has 1 saturated heterocycles. The second-order valence-electron chi connectivity index (χ2n) is 9.29. The van der Waals surface area contributed by atoms with E-state index in [0.29, 0.717) is 34.5 Å². The highest BCUT2D eigenvalue weighted by Gasteiger charge is 2.36. The maximum absolute atomic E-state index is 13.4. The average molecular weight is 498 g/mol. The highest BCUT2D eigenvalue weighted by molar-refractivity contribution is 7.80. The zero-order valence-electron chi connectivity index (χ0n) is 19.9. The number of ether oxygens (including phenoxy) is 1. The largest absolute Gasteiger partial charge is 0.494 e. The third kappa shape index (κ3) is 4.30. The number of thiocarbonyl (C=S) groups is 1. The second-order valence-corrected chi connectivity index (χ2v) is 10.1. The van der Waals surface area contributed by atoms with E-state index in [4.69, 9.17) is 28.6 Å². The monoisotopic (exact) mass is 497 g/mol. The molecule has 0 radical (unpaired) electrons. The molecule has 1 N–H and O–H groups in total. The molecule has 1 unspecified atom stereocenters. The van der Waals surface area contributed by atoms with Gasteiger partial charge in [0, 0.05) is 23.3 Å². The van der Waals surface area contributed by atoms with Crippen LogP contribution in [0.3, 0.4) is 0 Å².